The highest BCUT2D eigenvalue weighted by atomic mass is 32.2. The molecule has 2 aromatic carbocycles. The number of aryl methyl sites for hydroxylation is 1. The number of amides is 1. The normalized spacial score (nSPS) is 15.0. The Morgan fingerprint density at radius 3 is 2.45 bits per heavy atom. The van der Waals surface area contributed by atoms with E-state index in [0.29, 0.717) is 48.9 Å². The van der Waals surface area contributed by atoms with Gasteiger partial charge in [-0.05, 0) is 48.9 Å². The Bertz CT molecular complexity index is 1140. The van der Waals surface area contributed by atoms with E-state index in [1.165, 1.54) is 10.4 Å². The zero-order chi connectivity index (χ0) is 21.8. The number of sulfonamides is 1. The largest absolute Gasteiger partial charge is 0.467 e. The Hall–Kier alpha value is -2.94. The van der Waals surface area contributed by atoms with Crippen LogP contribution >= 0.6 is 0 Å². The van der Waals surface area contributed by atoms with Gasteiger partial charge in [0.2, 0.25) is 10.0 Å². The number of carbonyl (C=O) groups is 1. The van der Waals surface area contributed by atoms with Crippen LogP contribution < -0.4 is 4.90 Å². The van der Waals surface area contributed by atoms with Crippen LogP contribution in [0.15, 0.2) is 76.2 Å². The standard InChI is InChI=1S/C23H24N2O5S/c1-18-9-10-21(31(27,28)24-11-14-29-15-12-24)16-22(18)23(26)25(17-20-8-5-13-30-20)19-6-3-2-4-7-19/h2-10,13,16H,11-12,14-15,17H2,1H3. The molecule has 31 heavy (non-hydrogen) atoms. The zero-order valence-corrected chi connectivity index (χ0v) is 18.0. The molecule has 1 amide bonds. The molecule has 1 aliphatic heterocycles. The summed E-state index contributed by atoms with van der Waals surface area (Å²) in [6, 6.07) is 17.5. The van der Waals surface area contributed by atoms with Gasteiger partial charge in [-0.15, -0.1) is 0 Å². The van der Waals surface area contributed by atoms with Crippen molar-refractivity contribution in [3.05, 3.63) is 83.8 Å². The molecule has 0 aliphatic carbocycles. The second-order valence-electron chi connectivity index (χ2n) is 7.30. The van der Waals surface area contributed by atoms with E-state index in [2.05, 4.69) is 0 Å². The third kappa shape index (κ3) is 4.56. The van der Waals surface area contributed by atoms with Gasteiger partial charge in [-0.2, -0.15) is 4.31 Å². The second kappa shape index (κ2) is 9.05. The van der Waals surface area contributed by atoms with Crippen molar-refractivity contribution in [3.8, 4) is 0 Å². The molecular weight excluding hydrogens is 416 g/mol. The van der Waals surface area contributed by atoms with Crippen molar-refractivity contribution < 1.29 is 22.4 Å². The molecule has 8 heteroatoms. The maximum absolute atomic E-state index is 13.6. The lowest BCUT2D eigenvalue weighted by Gasteiger charge is -2.27. The summed E-state index contributed by atoms with van der Waals surface area (Å²) in [6.45, 7) is 3.36. The molecule has 1 saturated heterocycles. The van der Waals surface area contributed by atoms with Crippen molar-refractivity contribution in [2.24, 2.45) is 0 Å². The van der Waals surface area contributed by atoms with Gasteiger partial charge in [-0.1, -0.05) is 24.3 Å². The molecule has 162 valence electrons. The highest BCUT2D eigenvalue weighted by molar-refractivity contribution is 7.89. The number of hydrogen-bond donors (Lipinski definition) is 0. The molecule has 1 fully saturated rings. The Morgan fingerprint density at radius 1 is 1.03 bits per heavy atom. The lowest BCUT2D eigenvalue weighted by atomic mass is 10.1. The summed E-state index contributed by atoms with van der Waals surface area (Å²) < 4.78 is 38.3. The van der Waals surface area contributed by atoms with Crippen LogP contribution in [-0.2, 0) is 21.3 Å². The van der Waals surface area contributed by atoms with E-state index in [1.807, 2.05) is 30.3 Å². The molecule has 0 atom stereocenters. The van der Waals surface area contributed by atoms with E-state index in [9.17, 15) is 13.2 Å². The van der Waals surface area contributed by atoms with Gasteiger partial charge in [0, 0.05) is 24.3 Å². The number of rotatable bonds is 6. The fourth-order valence-corrected chi connectivity index (χ4v) is 4.95. The summed E-state index contributed by atoms with van der Waals surface area (Å²) in [5, 5.41) is 0. The maximum Gasteiger partial charge on any atom is 0.259 e. The number of anilines is 1. The first-order valence-electron chi connectivity index (χ1n) is 10.0. The third-order valence-electron chi connectivity index (χ3n) is 5.25. The van der Waals surface area contributed by atoms with Gasteiger partial charge in [0.25, 0.3) is 5.91 Å². The lowest BCUT2D eigenvalue weighted by molar-refractivity contribution is 0.0730. The Kier molecular flexibility index (Phi) is 6.22. The highest BCUT2D eigenvalue weighted by Crippen LogP contribution is 2.25. The number of benzene rings is 2. The van der Waals surface area contributed by atoms with Crippen LogP contribution in [0.5, 0.6) is 0 Å². The molecule has 0 saturated carbocycles. The monoisotopic (exact) mass is 440 g/mol. The van der Waals surface area contributed by atoms with Crippen LogP contribution in [0.1, 0.15) is 21.7 Å². The average Bonchev–Trinajstić information content (AvgIpc) is 3.32. The molecule has 1 aliphatic rings. The lowest BCUT2D eigenvalue weighted by Crippen LogP contribution is -2.40. The minimum Gasteiger partial charge on any atom is -0.467 e. The van der Waals surface area contributed by atoms with Gasteiger partial charge in [0.1, 0.15) is 5.76 Å². The van der Waals surface area contributed by atoms with E-state index >= 15 is 0 Å². The molecule has 0 unspecified atom stereocenters. The van der Waals surface area contributed by atoms with E-state index in [4.69, 9.17) is 9.15 Å². The Balaban J connectivity index is 1.71. The molecule has 2 heterocycles. The van der Waals surface area contributed by atoms with Crippen molar-refractivity contribution in [3.63, 3.8) is 0 Å². The molecule has 0 radical (unpaired) electrons. The number of morpholine rings is 1. The van der Waals surface area contributed by atoms with Crippen LogP contribution in [0, 0.1) is 6.92 Å². The topological polar surface area (TPSA) is 80.1 Å². The number of furan rings is 1. The summed E-state index contributed by atoms with van der Waals surface area (Å²) in [5.74, 6) is 0.339. The number of ether oxygens (including phenoxy) is 1. The molecular formula is C23H24N2O5S. The summed E-state index contributed by atoms with van der Waals surface area (Å²) in [5.41, 5.74) is 1.74. The van der Waals surface area contributed by atoms with Crippen LogP contribution in [0.2, 0.25) is 0 Å². The van der Waals surface area contributed by atoms with Crippen LogP contribution in [-0.4, -0.2) is 44.9 Å². The summed E-state index contributed by atoms with van der Waals surface area (Å²) in [4.78, 5) is 15.3. The highest BCUT2D eigenvalue weighted by Gasteiger charge is 2.28. The number of carbonyl (C=O) groups excluding carboxylic acids is 1. The first-order valence-corrected chi connectivity index (χ1v) is 11.5. The van der Waals surface area contributed by atoms with Gasteiger partial charge in [-0.25, -0.2) is 8.42 Å². The Morgan fingerprint density at radius 2 is 1.77 bits per heavy atom. The minimum absolute atomic E-state index is 0.106. The van der Waals surface area contributed by atoms with E-state index in [-0.39, 0.29) is 17.3 Å². The van der Waals surface area contributed by atoms with Gasteiger partial charge < -0.3 is 14.1 Å². The molecule has 0 bridgehead atoms. The van der Waals surface area contributed by atoms with Crippen molar-refractivity contribution in [1.82, 2.24) is 4.31 Å². The van der Waals surface area contributed by atoms with Crippen molar-refractivity contribution in [2.75, 3.05) is 31.2 Å². The van der Waals surface area contributed by atoms with E-state index in [1.54, 1.807) is 42.4 Å². The van der Waals surface area contributed by atoms with E-state index < -0.39 is 10.0 Å². The van der Waals surface area contributed by atoms with Crippen LogP contribution in [0.4, 0.5) is 5.69 Å². The molecule has 3 aromatic rings. The van der Waals surface area contributed by atoms with Gasteiger partial charge in [0.05, 0.1) is 30.9 Å². The SMILES string of the molecule is Cc1ccc(S(=O)(=O)N2CCOCC2)cc1C(=O)N(Cc1ccco1)c1ccccc1. The van der Waals surface area contributed by atoms with Gasteiger partial charge in [-0.3, -0.25) is 4.79 Å². The molecule has 4 rings (SSSR count). The number of hydrogen-bond acceptors (Lipinski definition) is 5. The predicted molar refractivity (Wildman–Crippen MR) is 116 cm³/mol. The number of nitrogens with zero attached hydrogens (tertiary/aromatic N) is 2. The van der Waals surface area contributed by atoms with E-state index in [0.717, 1.165) is 0 Å². The van der Waals surface area contributed by atoms with Gasteiger partial charge >= 0.3 is 0 Å². The summed E-state index contributed by atoms with van der Waals surface area (Å²) in [7, 11) is -3.71. The average molecular weight is 441 g/mol. The molecule has 1 aromatic heterocycles. The smallest absolute Gasteiger partial charge is 0.259 e. The second-order valence-corrected chi connectivity index (χ2v) is 9.24. The zero-order valence-electron chi connectivity index (χ0n) is 17.2. The number of para-hydroxylation sites is 1. The fourth-order valence-electron chi connectivity index (χ4n) is 3.52. The molecule has 0 spiro atoms. The van der Waals surface area contributed by atoms with Crippen LogP contribution in [0.3, 0.4) is 0 Å². The minimum atomic E-state index is -3.71. The molecule has 0 N–H and O–H groups in total. The first kappa shape index (κ1) is 21.3. The fraction of sp³-hybridized carbons (Fsp3) is 0.261. The molecule has 7 nitrogen and oxygen atoms in total. The van der Waals surface area contributed by atoms with Crippen molar-refractivity contribution >= 4 is 21.6 Å². The first-order chi connectivity index (χ1) is 15.0. The summed E-state index contributed by atoms with van der Waals surface area (Å²) >= 11 is 0. The quantitative estimate of drug-likeness (QED) is 0.587. The summed E-state index contributed by atoms with van der Waals surface area (Å²) in [6.07, 6.45) is 1.56. The van der Waals surface area contributed by atoms with Gasteiger partial charge in [0.15, 0.2) is 0 Å². The predicted octanol–water partition coefficient (Wildman–Crippen LogP) is 3.46. The maximum atomic E-state index is 13.6. The third-order valence-corrected chi connectivity index (χ3v) is 7.15. The van der Waals surface area contributed by atoms with Crippen molar-refractivity contribution in [2.45, 2.75) is 18.4 Å². The van der Waals surface area contributed by atoms with Crippen molar-refractivity contribution in [1.29, 1.82) is 0 Å². The van der Waals surface area contributed by atoms with Crippen LogP contribution in [0.25, 0.3) is 0 Å². The Labute approximate surface area is 181 Å².